The number of hydrogen-bond donors (Lipinski definition) is 1. The molecule has 0 aromatic carbocycles. The van der Waals surface area contributed by atoms with Gasteiger partial charge in [0, 0.05) is 6.20 Å². The zero-order valence-corrected chi connectivity index (χ0v) is 7.04. The molecule has 0 aliphatic rings. The van der Waals surface area contributed by atoms with Crippen molar-refractivity contribution in [2.24, 2.45) is 0 Å². The Hall–Kier alpha value is -2.17. The fraction of sp³-hybridized carbons (Fsp3) is 0. The largest absolute Gasteiger partial charge is 0.478 e. The van der Waals surface area contributed by atoms with Crippen LogP contribution in [0.3, 0.4) is 0 Å². The van der Waals surface area contributed by atoms with E-state index >= 15 is 0 Å². The molecule has 2 aromatic rings. The SMILES string of the molecule is O=C(O)c1ccoc1-c1cccnn1. The Kier molecular flexibility index (Phi) is 1.98. The molecule has 2 aromatic heterocycles. The van der Waals surface area contributed by atoms with Gasteiger partial charge in [0.15, 0.2) is 5.76 Å². The van der Waals surface area contributed by atoms with Crippen molar-refractivity contribution >= 4 is 5.97 Å². The fourth-order valence-corrected chi connectivity index (χ4v) is 1.10. The topological polar surface area (TPSA) is 76.2 Å². The van der Waals surface area contributed by atoms with E-state index < -0.39 is 5.97 Å². The van der Waals surface area contributed by atoms with Gasteiger partial charge in [-0.25, -0.2) is 4.79 Å². The molecule has 70 valence electrons. The maximum atomic E-state index is 10.7. The smallest absolute Gasteiger partial charge is 0.339 e. The predicted molar refractivity (Wildman–Crippen MR) is 46.7 cm³/mol. The van der Waals surface area contributed by atoms with E-state index in [4.69, 9.17) is 9.52 Å². The maximum Gasteiger partial charge on any atom is 0.339 e. The molecule has 0 spiro atoms. The second kappa shape index (κ2) is 3.29. The Balaban J connectivity index is 2.52. The number of hydrogen-bond acceptors (Lipinski definition) is 4. The van der Waals surface area contributed by atoms with E-state index in [1.54, 1.807) is 12.1 Å². The molecule has 0 aliphatic carbocycles. The first-order valence-corrected chi connectivity index (χ1v) is 3.88. The van der Waals surface area contributed by atoms with Gasteiger partial charge in [-0.05, 0) is 18.2 Å². The molecule has 1 N–H and O–H groups in total. The Morgan fingerprint density at radius 2 is 2.29 bits per heavy atom. The van der Waals surface area contributed by atoms with E-state index in [1.165, 1.54) is 18.5 Å². The van der Waals surface area contributed by atoms with Gasteiger partial charge >= 0.3 is 5.97 Å². The summed E-state index contributed by atoms with van der Waals surface area (Å²) in [5.41, 5.74) is 0.500. The highest BCUT2D eigenvalue weighted by Gasteiger charge is 2.15. The zero-order chi connectivity index (χ0) is 9.97. The Bertz CT molecular complexity index is 450. The molecule has 2 heterocycles. The van der Waals surface area contributed by atoms with Crippen molar-refractivity contribution in [3.63, 3.8) is 0 Å². The van der Waals surface area contributed by atoms with Gasteiger partial charge < -0.3 is 9.52 Å². The highest BCUT2D eigenvalue weighted by molar-refractivity contribution is 5.93. The standard InChI is InChI=1S/C9H6N2O3/c12-9(13)6-3-5-14-8(6)7-2-1-4-10-11-7/h1-5H,(H,12,13). The minimum absolute atomic E-state index is 0.0884. The van der Waals surface area contributed by atoms with Crippen LogP contribution in [-0.2, 0) is 0 Å². The van der Waals surface area contributed by atoms with Crippen LogP contribution in [0, 0.1) is 0 Å². The Morgan fingerprint density at radius 1 is 1.43 bits per heavy atom. The first-order chi connectivity index (χ1) is 6.79. The lowest BCUT2D eigenvalue weighted by Crippen LogP contribution is -1.97. The number of furan rings is 1. The number of nitrogens with zero attached hydrogens (tertiary/aromatic N) is 2. The van der Waals surface area contributed by atoms with Gasteiger partial charge in [0.25, 0.3) is 0 Å². The molecule has 0 fully saturated rings. The predicted octanol–water partition coefficient (Wildman–Crippen LogP) is 1.43. The van der Waals surface area contributed by atoms with E-state index in [2.05, 4.69) is 10.2 Å². The van der Waals surface area contributed by atoms with E-state index in [9.17, 15) is 4.79 Å². The van der Waals surface area contributed by atoms with Crippen LogP contribution in [0.5, 0.6) is 0 Å². The van der Waals surface area contributed by atoms with Crippen LogP contribution in [0.2, 0.25) is 0 Å². The average Bonchev–Trinajstić information content (AvgIpc) is 2.67. The molecule has 0 atom stereocenters. The van der Waals surface area contributed by atoms with Gasteiger partial charge in [-0.1, -0.05) is 0 Å². The summed E-state index contributed by atoms with van der Waals surface area (Å²) in [6.45, 7) is 0. The number of carboxylic acids is 1. The van der Waals surface area contributed by atoms with Crippen molar-refractivity contribution in [3.8, 4) is 11.5 Å². The van der Waals surface area contributed by atoms with Crippen LogP contribution in [0.4, 0.5) is 0 Å². The van der Waals surface area contributed by atoms with Crippen molar-refractivity contribution in [3.05, 3.63) is 36.2 Å². The van der Waals surface area contributed by atoms with Gasteiger partial charge in [0.1, 0.15) is 11.3 Å². The van der Waals surface area contributed by atoms with Gasteiger partial charge in [0.2, 0.25) is 0 Å². The highest BCUT2D eigenvalue weighted by atomic mass is 16.4. The summed E-state index contributed by atoms with van der Waals surface area (Å²) in [6, 6.07) is 4.68. The Morgan fingerprint density at radius 3 is 2.93 bits per heavy atom. The second-order valence-corrected chi connectivity index (χ2v) is 2.58. The summed E-state index contributed by atoms with van der Waals surface area (Å²) < 4.78 is 5.03. The molecular formula is C9H6N2O3. The minimum atomic E-state index is -1.04. The van der Waals surface area contributed by atoms with Crippen molar-refractivity contribution in [1.29, 1.82) is 0 Å². The van der Waals surface area contributed by atoms with Crippen molar-refractivity contribution in [2.45, 2.75) is 0 Å². The zero-order valence-electron chi connectivity index (χ0n) is 7.04. The van der Waals surface area contributed by atoms with Crippen LogP contribution in [0.1, 0.15) is 10.4 Å². The van der Waals surface area contributed by atoms with Gasteiger partial charge in [-0.3, -0.25) is 0 Å². The first kappa shape index (κ1) is 8.43. The number of rotatable bonds is 2. The summed E-state index contributed by atoms with van der Waals surface area (Å²) in [6.07, 6.45) is 2.82. The molecule has 2 rings (SSSR count). The first-order valence-electron chi connectivity index (χ1n) is 3.88. The number of carboxylic acid groups (broad SMARTS) is 1. The molecule has 0 radical (unpaired) electrons. The molecule has 5 nitrogen and oxygen atoms in total. The molecule has 0 saturated carbocycles. The van der Waals surface area contributed by atoms with Gasteiger partial charge in [0.05, 0.1) is 6.26 Å². The second-order valence-electron chi connectivity index (χ2n) is 2.58. The van der Waals surface area contributed by atoms with E-state index in [1.807, 2.05) is 0 Å². The van der Waals surface area contributed by atoms with Gasteiger partial charge in [-0.15, -0.1) is 5.10 Å². The lowest BCUT2D eigenvalue weighted by molar-refractivity contribution is 0.0697. The number of carbonyl (C=O) groups is 1. The molecular weight excluding hydrogens is 184 g/mol. The molecule has 5 heteroatoms. The quantitative estimate of drug-likeness (QED) is 0.775. The Labute approximate surface area is 79.0 Å². The monoisotopic (exact) mass is 190 g/mol. The van der Waals surface area contributed by atoms with Crippen molar-refractivity contribution in [1.82, 2.24) is 10.2 Å². The third-order valence-corrected chi connectivity index (χ3v) is 1.70. The van der Waals surface area contributed by atoms with Crippen LogP contribution in [-0.4, -0.2) is 21.3 Å². The molecule has 0 bridgehead atoms. The normalized spacial score (nSPS) is 10.0. The van der Waals surface area contributed by atoms with Crippen LogP contribution >= 0.6 is 0 Å². The maximum absolute atomic E-state index is 10.7. The lowest BCUT2D eigenvalue weighted by Gasteiger charge is -1.95. The van der Waals surface area contributed by atoms with E-state index in [0.717, 1.165) is 0 Å². The molecule has 0 amide bonds. The summed E-state index contributed by atoms with van der Waals surface area (Å²) in [5, 5.41) is 16.2. The van der Waals surface area contributed by atoms with Crippen LogP contribution < -0.4 is 0 Å². The third-order valence-electron chi connectivity index (χ3n) is 1.70. The summed E-state index contributed by atoms with van der Waals surface area (Å²) in [7, 11) is 0. The number of aromatic nitrogens is 2. The lowest BCUT2D eigenvalue weighted by atomic mass is 10.2. The van der Waals surface area contributed by atoms with Gasteiger partial charge in [-0.2, -0.15) is 5.10 Å². The molecule has 0 unspecified atom stereocenters. The van der Waals surface area contributed by atoms with Crippen LogP contribution in [0.25, 0.3) is 11.5 Å². The number of aromatic carboxylic acids is 1. The van der Waals surface area contributed by atoms with E-state index in [-0.39, 0.29) is 11.3 Å². The molecule has 0 saturated heterocycles. The van der Waals surface area contributed by atoms with E-state index in [0.29, 0.717) is 5.69 Å². The highest BCUT2D eigenvalue weighted by Crippen LogP contribution is 2.21. The minimum Gasteiger partial charge on any atom is -0.478 e. The fourth-order valence-electron chi connectivity index (χ4n) is 1.10. The van der Waals surface area contributed by atoms with Crippen molar-refractivity contribution in [2.75, 3.05) is 0 Å². The van der Waals surface area contributed by atoms with Crippen LogP contribution in [0.15, 0.2) is 35.1 Å². The molecule has 0 aliphatic heterocycles. The summed E-state index contributed by atoms with van der Waals surface area (Å²) in [5.74, 6) is -0.815. The summed E-state index contributed by atoms with van der Waals surface area (Å²) >= 11 is 0. The average molecular weight is 190 g/mol. The summed E-state index contributed by atoms with van der Waals surface area (Å²) in [4.78, 5) is 10.7. The van der Waals surface area contributed by atoms with Crippen molar-refractivity contribution < 1.29 is 14.3 Å². The molecule has 14 heavy (non-hydrogen) atoms. The third kappa shape index (κ3) is 1.35.